The van der Waals surface area contributed by atoms with Crippen molar-refractivity contribution in [3.05, 3.63) is 23.8 Å². The van der Waals surface area contributed by atoms with Crippen molar-refractivity contribution in [3.63, 3.8) is 0 Å². The number of hydrogen-bond acceptors (Lipinski definition) is 2. The van der Waals surface area contributed by atoms with Crippen molar-refractivity contribution in [1.29, 1.82) is 0 Å². The molecule has 0 bridgehead atoms. The summed E-state index contributed by atoms with van der Waals surface area (Å²) in [5.74, 6) is -2.02. The Labute approximate surface area is 68.1 Å². The summed E-state index contributed by atoms with van der Waals surface area (Å²) in [5.41, 5.74) is 0.458. The van der Waals surface area contributed by atoms with Crippen LogP contribution in [0.5, 0.6) is 5.75 Å². The summed E-state index contributed by atoms with van der Waals surface area (Å²) < 4.78 is 30.4. The van der Waals surface area contributed by atoms with Gasteiger partial charge in [0.2, 0.25) is 5.82 Å². The highest BCUT2D eigenvalue weighted by molar-refractivity contribution is 5.58. The Morgan fingerprint density at radius 2 is 2.33 bits per heavy atom. The molecule has 2 rings (SSSR count). The molecule has 1 N–H and O–H groups in total. The van der Waals surface area contributed by atoms with Crippen molar-refractivity contribution in [2.45, 2.75) is 0 Å². The summed E-state index contributed by atoms with van der Waals surface area (Å²) >= 11 is 0. The summed E-state index contributed by atoms with van der Waals surface area (Å²) in [6, 6.07) is 3.48. The zero-order chi connectivity index (χ0) is 8.55. The number of halogens is 2. The van der Waals surface area contributed by atoms with Gasteiger partial charge in [0.25, 0.3) is 0 Å². The van der Waals surface area contributed by atoms with Crippen LogP contribution in [0, 0.1) is 17.7 Å². The van der Waals surface area contributed by atoms with E-state index in [1.165, 1.54) is 6.07 Å². The smallest absolute Gasteiger partial charge is 0.203 e. The Morgan fingerprint density at radius 1 is 1.50 bits per heavy atom. The average Bonchev–Trinajstić information content (AvgIpc) is 2.12. The lowest BCUT2D eigenvalue weighted by Gasteiger charge is -2.18. The summed E-state index contributed by atoms with van der Waals surface area (Å²) in [7, 11) is 0. The predicted molar refractivity (Wildman–Crippen MR) is 39.2 cm³/mol. The fraction of sp³-hybridized carbons (Fsp3) is 0.250. The van der Waals surface area contributed by atoms with E-state index in [1.54, 1.807) is 0 Å². The Kier molecular flexibility index (Phi) is 1.60. The molecule has 0 unspecified atom stereocenters. The van der Waals surface area contributed by atoms with Gasteiger partial charge in [-0.1, -0.05) is 0 Å². The van der Waals surface area contributed by atoms with Crippen LogP contribution in [0.15, 0.2) is 6.07 Å². The minimum absolute atomic E-state index is 0.0440. The van der Waals surface area contributed by atoms with E-state index in [0.717, 1.165) is 0 Å². The zero-order valence-corrected chi connectivity index (χ0v) is 6.16. The third-order valence-electron chi connectivity index (χ3n) is 1.64. The fourth-order valence-corrected chi connectivity index (χ4v) is 1.09. The van der Waals surface area contributed by atoms with E-state index in [-0.39, 0.29) is 5.75 Å². The third-order valence-corrected chi connectivity index (χ3v) is 1.64. The minimum atomic E-state index is -1.00. The highest BCUT2D eigenvalue weighted by Crippen LogP contribution is 2.31. The predicted octanol–water partition coefficient (Wildman–Crippen LogP) is 1.57. The highest BCUT2D eigenvalue weighted by Gasteiger charge is 2.17. The van der Waals surface area contributed by atoms with Crippen molar-refractivity contribution >= 4 is 5.69 Å². The second kappa shape index (κ2) is 2.62. The van der Waals surface area contributed by atoms with E-state index in [0.29, 0.717) is 18.8 Å². The zero-order valence-electron chi connectivity index (χ0n) is 6.16. The summed E-state index contributed by atoms with van der Waals surface area (Å²) in [5, 5.41) is 2.87. The lowest BCUT2D eigenvalue weighted by molar-refractivity contribution is 0.299. The van der Waals surface area contributed by atoms with Gasteiger partial charge in [-0.25, -0.2) is 4.39 Å². The molecule has 0 fully saturated rings. The molecule has 0 saturated heterocycles. The molecule has 1 heterocycles. The number of fused-ring (bicyclic) bond motifs is 1. The van der Waals surface area contributed by atoms with Gasteiger partial charge in [0, 0.05) is 12.6 Å². The molecule has 4 heteroatoms. The van der Waals surface area contributed by atoms with Crippen LogP contribution in [0.4, 0.5) is 14.5 Å². The Hall–Kier alpha value is -1.32. The SMILES string of the molecule is Fc1[c]cc2c(c1F)OCCN2. The maximum atomic E-state index is 12.9. The van der Waals surface area contributed by atoms with Gasteiger partial charge in [0.1, 0.15) is 6.61 Å². The fourth-order valence-electron chi connectivity index (χ4n) is 1.09. The molecule has 0 aliphatic carbocycles. The quantitative estimate of drug-likeness (QED) is 0.638. The number of hydrogen-bond donors (Lipinski definition) is 1. The van der Waals surface area contributed by atoms with Crippen LogP contribution in [0.2, 0.25) is 0 Å². The molecule has 0 spiro atoms. The van der Waals surface area contributed by atoms with Crippen LogP contribution in [-0.4, -0.2) is 13.2 Å². The van der Waals surface area contributed by atoms with Gasteiger partial charge < -0.3 is 10.1 Å². The van der Waals surface area contributed by atoms with Crippen molar-refractivity contribution < 1.29 is 13.5 Å². The molecule has 0 amide bonds. The number of nitrogens with one attached hydrogen (secondary N) is 1. The number of benzene rings is 1. The van der Waals surface area contributed by atoms with Crippen molar-refractivity contribution in [2.24, 2.45) is 0 Å². The van der Waals surface area contributed by atoms with Gasteiger partial charge in [0.15, 0.2) is 11.6 Å². The first-order valence-electron chi connectivity index (χ1n) is 3.55. The number of rotatable bonds is 0. The largest absolute Gasteiger partial charge is 0.486 e. The van der Waals surface area contributed by atoms with Crippen LogP contribution < -0.4 is 10.1 Å². The van der Waals surface area contributed by atoms with Crippen LogP contribution in [0.25, 0.3) is 0 Å². The molecule has 12 heavy (non-hydrogen) atoms. The second-order valence-electron chi connectivity index (χ2n) is 2.43. The number of ether oxygens (including phenoxy) is 1. The molecular formula is C8H6F2NO. The molecule has 1 aromatic rings. The van der Waals surface area contributed by atoms with E-state index in [4.69, 9.17) is 4.74 Å². The van der Waals surface area contributed by atoms with Gasteiger partial charge in [-0.3, -0.25) is 0 Å². The van der Waals surface area contributed by atoms with Crippen LogP contribution in [0.1, 0.15) is 0 Å². The molecule has 2 nitrogen and oxygen atoms in total. The third kappa shape index (κ3) is 0.995. The van der Waals surface area contributed by atoms with Crippen LogP contribution in [-0.2, 0) is 0 Å². The van der Waals surface area contributed by atoms with Crippen molar-refractivity contribution in [2.75, 3.05) is 18.5 Å². The van der Waals surface area contributed by atoms with E-state index >= 15 is 0 Å². The molecule has 1 aliphatic rings. The first kappa shape index (κ1) is 7.34. The van der Waals surface area contributed by atoms with Gasteiger partial charge in [-0.2, -0.15) is 4.39 Å². The van der Waals surface area contributed by atoms with Crippen molar-refractivity contribution in [3.8, 4) is 5.75 Å². The second-order valence-corrected chi connectivity index (χ2v) is 2.43. The van der Waals surface area contributed by atoms with E-state index < -0.39 is 11.6 Å². The Bertz CT molecular complexity index is 314. The van der Waals surface area contributed by atoms with Gasteiger partial charge in [-0.05, 0) is 6.07 Å². The van der Waals surface area contributed by atoms with Crippen molar-refractivity contribution in [1.82, 2.24) is 0 Å². The topological polar surface area (TPSA) is 21.3 Å². The molecule has 0 aromatic heterocycles. The lowest BCUT2D eigenvalue weighted by Crippen LogP contribution is -2.19. The van der Waals surface area contributed by atoms with E-state index in [9.17, 15) is 8.78 Å². The summed E-state index contributed by atoms with van der Waals surface area (Å²) in [6.45, 7) is 0.958. The summed E-state index contributed by atoms with van der Waals surface area (Å²) in [6.07, 6.45) is 0. The molecule has 1 radical (unpaired) electrons. The normalized spacial score (nSPS) is 14.5. The monoisotopic (exact) mass is 170 g/mol. The highest BCUT2D eigenvalue weighted by atomic mass is 19.2. The van der Waals surface area contributed by atoms with Gasteiger partial charge in [-0.15, -0.1) is 0 Å². The first-order valence-corrected chi connectivity index (χ1v) is 3.55. The first-order chi connectivity index (χ1) is 5.79. The van der Waals surface area contributed by atoms with E-state index in [2.05, 4.69) is 11.4 Å². The molecule has 0 saturated carbocycles. The van der Waals surface area contributed by atoms with E-state index in [1.807, 2.05) is 0 Å². The van der Waals surface area contributed by atoms with Gasteiger partial charge in [0.05, 0.1) is 5.69 Å². The molecule has 1 aliphatic heterocycles. The van der Waals surface area contributed by atoms with Gasteiger partial charge >= 0.3 is 0 Å². The maximum absolute atomic E-state index is 12.9. The lowest BCUT2D eigenvalue weighted by atomic mass is 10.2. The van der Waals surface area contributed by atoms with Crippen LogP contribution in [0.3, 0.4) is 0 Å². The maximum Gasteiger partial charge on any atom is 0.203 e. The molecular weight excluding hydrogens is 164 g/mol. The Balaban J connectivity index is 2.54. The van der Waals surface area contributed by atoms with Crippen LogP contribution >= 0.6 is 0 Å². The Morgan fingerprint density at radius 3 is 3.17 bits per heavy atom. The molecule has 63 valence electrons. The standard InChI is InChI=1S/C8H6F2NO/c9-5-1-2-6-8(7(5)10)12-4-3-11-6/h2,11H,3-4H2. The average molecular weight is 170 g/mol. The summed E-state index contributed by atoms with van der Waals surface area (Å²) in [4.78, 5) is 0. The molecule has 1 aromatic carbocycles. The minimum Gasteiger partial charge on any atom is -0.486 e. The number of anilines is 1. The molecule has 0 atom stereocenters.